The van der Waals surface area contributed by atoms with E-state index >= 15 is 0 Å². The molecule has 0 unspecified atom stereocenters. The first-order valence-electron chi connectivity index (χ1n) is 8.60. The SMILES string of the molecule is N#CC(=CC1CC1)C(=O)N1CCN(CC2CCNCC2)CC1. The number of nitriles is 1. The van der Waals surface area contributed by atoms with E-state index in [-0.39, 0.29) is 5.91 Å². The first kappa shape index (κ1) is 15.5. The molecule has 22 heavy (non-hydrogen) atoms. The quantitative estimate of drug-likeness (QED) is 0.621. The Balaban J connectivity index is 1.46. The maximum absolute atomic E-state index is 12.4. The number of piperazine rings is 1. The molecule has 0 bridgehead atoms. The molecule has 1 aliphatic carbocycles. The lowest BCUT2D eigenvalue weighted by molar-refractivity contribution is -0.128. The number of hydrogen-bond donors (Lipinski definition) is 1. The third-order valence-electron chi connectivity index (χ3n) is 5.01. The highest BCUT2D eigenvalue weighted by Crippen LogP contribution is 2.31. The van der Waals surface area contributed by atoms with Gasteiger partial charge in [0, 0.05) is 32.7 Å². The van der Waals surface area contributed by atoms with Crippen molar-refractivity contribution in [3.05, 3.63) is 11.6 Å². The van der Waals surface area contributed by atoms with Crippen LogP contribution in [0.1, 0.15) is 25.7 Å². The van der Waals surface area contributed by atoms with Gasteiger partial charge in [-0.15, -0.1) is 0 Å². The number of nitrogens with zero attached hydrogens (tertiary/aromatic N) is 3. The maximum Gasteiger partial charge on any atom is 0.264 e. The molecule has 0 aromatic heterocycles. The molecule has 2 saturated heterocycles. The van der Waals surface area contributed by atoms with Crippen LogP contribution in [-0.2, 0) is 4.79 Å². The number of amides is 1. The minimum Gasteiger partial charge on any atom is -0.335 e. The molecule has 5 nitrogen and oxygen atoms in total. The van der Waals surface area contributed by atoms with E-state index in [4.69, 9.17) is 0 Å². The Morgan fingerprint density at radius 3 is 2.41 bits per heavy atom. The monoisotopic (exact) mass is 302 g/mol. The van der Waals surface area contributed by atoms with E-state index in [2.05, 4.69) is 16.3 Å². The molecule has 3 aliphatic rings. The van der Waals surface area contributed by atoms with Crippen molar-refractivity contribution in [1.82, 2.24) is 15.1 Å². The highest BCUT2D eigenvalue weighted by Gasteiger charge is 2.27. The van der Waals surface area contributed by atoms with Crippen LogP contribution in [0.15, 0.2) is 11.6 Å². The van der Waals surface area contributed by atoms with Gasteiger partial charge in [-0.05, 0) is 50.6 Å². The number of nitrogens with one attached hydrogen (secondary N) is 1. The van der Waals surface area contributed by atoms with E-state index in [0.29, 0.717) is 11.5 Å². The Labute approximate surface area is 132 Å². The van der Waals surface area contributed by atoms with Crippen molar-refractivity contribution in [3.63, 3.8) is 0 Å². The largest absolute Gasteiger partial charge is 0.335 e. The molecule has 3 rings (SSSR count). The summed E-state index contributed by atoms with van der Waals surface area (Å²) in [5, 5.41) is 12.6. The Hall–Kier alpha value is -1.38. The van der Waals surface area contributed by atoms with Crippen LogP contribution in [-0.4, -0.2) is 61.5 Å². The summed E-state index contributed by atoms with van der Waals surface area (Å²) in [6.45, 7) is 6.84. The molecule has 3 fully saturated rings. The van der Waals surface area contributed by atoms with Gasteiger partial charge in [0.25, 0.3) is 5.91 Å². The summed E-state index contributed by atoms with van der Waals surface area (Å²) in [4.78, 5) is 16.7. The number of hydrogen-bond acceptors (Lipinski definition) is 4. The summed E-state index contributed by atoms with van der Waals surface area (Å²) < 4.78 is 0. The summed E-state index contributed by atoms with van der Waals surface area (Å²) >= 11 is 0. The van der Waals surface area contributed by atoms with Gasteiger partial charge in [0.2, 0.25) is 0 Å². The van der Waals surface area contributed by atoms with Crippen molar-refractivity contribution in [2.24, 2.45) is 11.8 Å². The van der Waals surface area contributed by atoms with Crippen molar-refractivity contribution in [2.45, 2.75) is 25.7 Å². The minimum absolute atomic E-state index is 0.0593. The Kier molecular flexibility index (Phi) is 5.12. The van der Waals surface area contributed by atoms with Crippen molar-refractivity contribution in [2.75, 3.05) is 45.8 Å². The lowest BCUT2D eigenvalue weighted by atomic mass is 9.97. The molecule has 120 valence electrons. The van der Waals surface area contributed by atoms with Crippen LogP contribution in [0.25, 0.3) is 0 Å². The molecule has 0 aromatic carbocycles. The van der Waals surface area contributed by atoms with Crippen LogP contribution in [0.3, 0.4) is 0 Å². The molecule has 2 heterocycles. The number of carbonyl (C=O) groups is 1. The van der Waals surface area contributed by atoms with E-state index in [1.54, 1.807) is 0 Å². The topological polar surface area (TPSA) is 59.4 Å². The fraction of sp³-hybridized carbons (Fsp3) is 0.765. The van der Waals surface area contributed by atoms with Gasteiger partial charge in [0.15, 0.2) is 0 Å². The van der Waals surface area contributed by atoms with E-state index in [0.717, 1.165) is 64.6 Å². The lowest BCUT2D eigenvalue weighted by Crippen LogP contribution is -2.50. The smallest absolute Gasteiger partial charge is 0.264 e. The second-order valence-electron chi connectivity index (χ2n) is 6.82. The highest BCUT2D eigenvalue weighted by molar-refractivity contribution is 5.97. The third-order valence-corrected chi connectivity index (χ3v) is 5.01. The van der Waals surface area contributed by atoms with E-state index < -0.39 is 0 Å². The van der Waals surface area contributed by atoms with Crippen molar-refractivity contribution >= 4 is 5.91 Å². The Morgan fingerprint density at radius 2 is 1.82 bits per heavy atom. The normalized spacial score (nSPS) is 25.0. The van der Waals surface area contributed by atoms with Crippen LogP contribution in [0.4, 0.5) is 0 Å². The Bertz CT molecular complexity index is 464. The van der Waals surface area contributed by atoms with Crippen molar-refractivity contribution in [3.8, 4) is 6.07 Å². The number of piperidine rings is 1. The summed E-state index contributed by atoms with van der Waals surface area (Å²) in [6, 6.07) is 2.10. The zero-order chi connectivity index (χ0) is 15.4. The van der Waals surface area contributed by atoms with Crippen LogP contribution in [0.5, 0.6) is 0 Å². The van der Waals surface area contributed by atoms with Crippen molar-refractivity contribution in [1.29, 1.82) is 5.26 Å². The van der Waals surface area contributed by atoms with E-state index in [1.807, 2.05) is 11.0 Å². The fourth-order valence-corrected chi connectivity index (χ4v) is 3.39. The number of rotatable bonds is 4. The van der Waals surface area contributed by atoms with Gasteiger partial charge in [-0.3, -0.25) is 9.69 Å². The second kappa shape index (κ2) is 7.26. The van der Waals surface area contributed by atoms with Gasteiger partial charge in [-0.1, -0.05) is 6.08 Å². The number of allylic oxidation sites excluding steroid dienone is 1. The van der Waals surface area contributed by atoms with Gasteiger partial charge < -0.3 is 10.2 Å². The van der Waals surface area contributed by atoms with Crippen LogP contribution in [0, 0.1) is 23.2 Å². The molecule has 1 saturated carbocycles. The molecular weight excluding hydrogens is 276 g/mol. The molecule has 1 N–H and O–H groups in total. The highest BCUT2D eigenvalue weighted by atomic mass is 16.2. The zero-order valence-corrected chi connectivity index (χ0v) is 13.3. The summed E-state index contributed by atoms with van der Waals surface area (Å²) in [5.41, 5.74) is 0.356. The van der Waals surface area contributed by atoms with Gasteiger partial charge in [-0.2, -0.15) is 5.26 Å². The van der Waals surface area contributed by atoms with E-state index in [1.165, 1.54) is 12.8 Å². The average Bonchev–Trinajstić information content (AvgIpc) is 3.38. The van der Waals surface area contributed by atoms with Gasteiger partial charge >= 0.3 is 0 Å². The van der Waals surface area contributed by atoms with Gasteiger partial charge in [0.1, 0.15) is 11.6 Å². The zero-order valence-electron chi connectivity index (χ0n) is 13.3. The minimum atomic E-state index is -0.0593. The second-order valence-corrected chi connectivity index (χ2v) is 6.82. The molecule has 0 atom stereocenters. The molecular formula is C17H26N4O. The molecule has 2 aliphatic heterocycles. The molecule has 5 heteroatoms. The van der Waals surface area contributed by atoms with E-state index in [9.17, 15) is 10.1 Å². The predicted octanol–water partition coefficient (Wildman–Crippen LogP) is 0.990. The third kappa shape index (κ3) is 4.08. The van der Waals surface area contributed by atoms with Crippen LogP contribution in [0.2, 0.25) is 0 Å². The van der Waals surface area contributed by atoms with Gasteiger partial charge in [0.05, 0.1) is 0 Å². The van der Waals surface area contributed by atoms with Crippen molar-refractivity contribution < 1.29 is 4.79 Å². The lowest BCUT2D eigenvalue weighted by Gasteiger charge is -2.37. The summed E-state index contributed by atoms with van der Waals surface area (Å²) in [7, 11) is 0. The summed E-state index contributed by atoms with van der Waals surface area (Å²) in [6.07, 6.45) is 6.67. The maximum atomic E-state index is 12.4. The molecule has 0 aromatic rings. The Morgan fingerprint density at radius 1 is 1.14 bits per heavy atom. The number of carbonyl (C=O) groups excluding carboxylic acids is 1. The van der Waals surface area contributed by atoms with Crippen LogP contribution >= 0.6 is 0 Å². The fourth-order valence-electron chi connectivity index (χ4n) is 3.39. The average molecular weight is 302 g/mol. The molecule has 1 amide bonds. The first-order chi connectivity index (χ1) is 10.8. The molecule has 0 radical (unpaired) electrons. The molecule has 0 spiro atoms. The van der Waals surface area contributed by atoms with Crippen LogP contribution < -0.4 is 5.32 Å². The first-order valence-corrected chi connectivity index (χ1v) is 8.60. The standard InChI is InChI=1S/C17H26N4O/c18-12-16(11-14-1-2-14)17(22)21-9-7-20(8-10-21)13-15-3-5-19-6-4-15/h11,14-15,19H,1-10,13H2. The predicted molar refractivity (Wildman–Crippen MR) is 85.0 cm³/mol. The van der Waals surface area contributed by atoms with Gasteiger partial charge in [-0.25, -0.2) is 0 Å². The summed E-state index contributed by atoms with van der Waals surface area (Å²) in [5.74, 6) is 1.21.